The second kappa shape index (κ2) is 4.70. The van der Waals surface area contributed by atoms with Crippen LogP contribution in [0.1, 0.15) is 0 Å². The van der Waals surface area contributed by atoms with Crippen LogP contribution >= 0.6 is 11.6 Å². The van der Waals surface area contributed by atoms with Gasteiger partial charge >= 0.3 is 0 Å². The van der Waals surface area contributed by atoms with Crippen molar-refractivity contribution in [3.63, 3.8) is 0 Å². The molecule has 1 aromatic carbocycles. The van der Waals surface area contributed by atoms with Gasteiger partial charge in [-0.2, -0.15) is 0 Å². The molecule has 2 heterocycles. The minimum atomic E-state index is 0.314. The van der Waals surface area contributed by atoms with E-state index in [9.17, 15) is 0 Å². The van der Waals surface area contributed by atoms with Crippen LogP contribution in [-0.4, -0.2) is 15.0 Å². The quantitative estimate of drug-likeness (QED) is 0.776. The maximum atomic E-state index is 6.02. The first-order valence-electron chi connectivity index (χ1n) is 5.53. The van der Waals surface area contributed by atoms with Crippen LogP contribution in [0, 0.1) is 0 Å². The third-order valence-electron chi connectivity index (χ3n) is 2.54. The van der Waals surface area contributed by atoms with Gasteiger partial charge in [0.1, 0.15) is 17.6 Å². The van der Waals surface area contributed by atoms with Gasteiger partial charge in [0.15, 0.2) is 5.82 Å². The lowest BCUT2D eigenvalue weighted by Gasteiger charge is -2.07. The molecule has 0 bridgehead atoms. The SMILES string of the molecule is Nc1ncnc2ccc(Oc3ccccc3Cl)nc12. The molecule has 2 aromatic heterocycles. The third kappa shape index (κ3) is 2.28. The number of hydrogen-bond acceptors (Lipinski definition) is 5. The summed E-state index contributed by atoms with van der Waals surface area (Å²) in [6.07, 6.45) is 1.40. The molecule has 3 aromatic rings. The van der Waals surface area contributed by atoms with E-state index >= 15 is 0 Å². The Morgan fingerprint density at radius 3 is 2.74 bits per heavy atom. The molecule has 0 radical (unpaired) electrons. The lowest BCUT2D eigenvalue weighted by atomic mass is 10.3. The van der Waals surface area contributed by atoms with E-state index in [4.69, 9.17) is 22.1 Å². The number of benzene rings is 1. The van der Waals surface area contributed by atoms with E-state index < -0.39 is 0 Å². The Balaban J connectivity index is 2.02. The van der Waals surface area contributed by atoms with E-state index in [-0.39, 0.29) is 0 Å². The van der Waals surface area contributed by atoms with Crippen LogP contribution in [0.25, 0.3) is 11.0 Å². The number of hydrogen-bond donors (Lipinski definition) is 1. The summed E-state index contributed by atoms with van der Waals surface area (Å²) in [5, 5.41) is 0.515. The van der Waals surface area contributed by atoms with Crippen molar-refractivity contribution in [1.29, 1.82) is 0 Å². The number of nitrogens with two attached hydrogens (primary N) is 1. The van der Waals surface area contributed by atoms with Crippen molar-refractivity contribution < 1.29 is 4.74 Å². The fraction of sp³-hybridized carbons (Fsp3) is 0. The molecule has 0 aliphatic heterocycles. The van der Waals surface area contributed by atoms with Crippen molar-refractivity contribution in [2.75, 3.05) is 5.73 Å². The van der Waals surface area contributed by atoms with Crippen LogP contribution in [0.4, 0.5) is 5.82 Å². The molecule has 0 fully saturated rings. The molecular weight excluding hydrogens is 264 g/mol. The molecule has 94 valence electrons. The average molecular weight is 273 g/mol. The Morgan fingerprint density at radius 1 is 1.05 bits per heavy atom. The van der Waals surface area contributed by atoms with E-state index in [0.717, 1.165) is 0 Å². The number of nitrogens with zero attached hydrogens (tertiary/aromatic N) is 3. The molecule has 2 N–H and O–H groups in total. The van der Waals surface area contributed by atoms with Gasteiger partial charge in [0, 0.05) is 6.07 Å². The Kier molecular flexibility index (Phi) is 2.89. The molecular formula is C13H9ClN4O. The maximum Gasteiger partial charge on any atom is 0.220 e. The van der Waals surface area contributed by atoms with Crippen molar-refractivity contribution in [1.82, 2.24) is 15.0 Å². The van der Waals surface area contributed by atoms with Gasteiger partial charge in [-0.15, -0.1) is 0 Å². The zero-order valence-corrected chi connectivity index (χ0v) is 10.5. The Labute approximate surface area is 114 Å². The van der Waals surface area contributed by atoms with E-state index in [2.05, 4.69) is 15.0 Å². The van der Waals surface area contributed by atoms with Crippen LogP contribution < -0.4 is 10.5 Å². The zero-order valence-electron chi connectivity index (χ0n) is 9.75. The van der Waals surface area contributed by atoms with Gasteiger partial charge in [0.2, 0.25) is 5.88 Å². The van der Waals surface area contributed by atoms with Crippen LogP contribution in [0.3, 0.4) is 0 Å². The summed E-state index contributed by atoms with van der Waals surface area (Å²) < 4.78 is 5.62. The molecule has 0 amide bonds. The van der Waals surface area contributed by atoms with Crippen molar-refractivity contribution in [2.45, 2.75) is 0 Å². The van der Waals surface area contributed by atoms with E-state index in [1.807, 2.05) is 12.1 Å². The zero-order chi connectivity index (χ0) is 13.2. The predicted molar refractivity (Wildman–Crippen MR) is 73.3 cm³/mol. The highest BCUT2D eigenvalue weighted by atomic mass is 35.5. The molecule has 0 atom stereocenters. The van der Waals surface area contributed by atoms with Crippen molar-refractivity contribution >= 4 is 28.5 Å². The van der Waals surface area contributed by atoms with Gasteiger partial charge in [-0.3, -0.25) is 0 Å². The second-order valence-corrected chi connectivity index (χ2v) is 4.22. The number of halogens is 1. The van der Waals surface area contributed by atoms with Crippen molar-refractivity contribution in [3.05, 3.63) is 47.7 Å². The van der Waals surface area contributed by atoms with Gasteiger partial charge in [0.25, 0.3) is 0 Å². The summed E-state index contributed by atoms with van der Waals surface area (Å²) >= 11 is 6.02. The maximum absolute atomic E-state index is 6.02. The molecule has 5 nitrogen and oxygen atoms in total. The molecule has 0 saturated carbocycles. The number of aromatic nitrogens is 3. The summed E-state index contributed by atoms with van der Waals surface area (Å²) in [5.74, 6) is 1.24. The molecule has 0 unspecified atom stereocenters. The van der Waals surface area contributed by atoms with Crippen molar-refractivity contribution in [2.24, 2.45) is 0 Å². The molecule has 3 rings (SSSR count). The van der Waals surface area contributed by atoms with Crippen LogP contribution in [-0.2, 0) is 0 Å². The Hall–Kier alpha value is -2.40. The minimum Gasteiger partial charge on any atom is -0.437 e. The predicted octanol–water partition coefficient (Wildman–Crippen LogP) is 3.05. The number of rotatable bonds is 2. The highest BCUT2D eigenvalue weighted by Gasteiger charge is 2.07. The highest BCUT2D eigenvalue weighted by Crippen LogP contribution is 2.28. The molecule has 0 spiro atoms. The number of nitrogen functional groups attached to an aromatic ring is 1. The molecule has 0 aliphatic rings. The number of ether oxygens (including phenoxy) is 1. The molecule has 19 heavy (non-hydrogen) atoms. The van der Waals surface area contributed by atoms with E-state index in [0.29, 0.717) is 33.5 Å². The first-order valence-corrected chi connectivity index (χ1v) is 5.91. The van der Waals surface area contributed by atoms with Gasteiger partial charge < -0.3 is 10.5 Å². The standard InChI is InChI=1S/C13H9ClN4O/c14-8-3-1-2-4-10(8)19-11-6-5-9-12(18-11)13(15)17-7-16-9/h1-7H,(H2,15,16,17). The number of para-hydroxylation sites is 1. The largest absolute Gasteiger partial charge is 0.437 e. The topological polar surface area (TPSA) is 73.9 Å². The van der Waals surface area contributed by atoms with Gasteiger partial charge in [-0.05, 0) is 18.2 Å². The normalized spacial score (nSPS) is 10.6. The number of pyridine rings is 1. The third-order valence-corrected chi connectivity index (χ3v) is 2.85. The second-order valence-electron chi connectivity index (χ2n) is 3.81. The summed E-state index contributed by atoms with van der Waals surface area (Å²) in [6, 6.07) is 10.6. The Bertz CT molecular complexity index is 748. The first-order chi connectivity index (χ1) is 9.24. The number of anilines is 1. The molecule has 0 aliphatic carbocycles. The summed E-state index contributed by atoms with van der Waals surface area (Å²) in [5.41, 5.74) is 6.93. The number of fused-ring (bicyclic) bond motifs is 1. The summed E-state index contributed by atoms with van der Waals surface area (Å²) in [4.78, 5) is 12.2. The van der Waals surface area contributed by atoms with Crippen LogP contribution in [0.2, 0.25) is 5.02 Å². The van der Waals surface area contributed by atoms with E-state index in [1.54, 1.807) is 24.3 Å². The fourth-order valence-corrected chi connectivity index (χ4v) is 1.81. The summed E-state index contributed by atoms with van der Waals surface area (Å²) in [6.45, 7) is 0. The molecule has 6 heteroatoms. The Morgan fingerprint density at radius 2 is 1.89 bits per heavy atom. The van der Waals surface area contributed by atoms with Crippen molar-refractivity contribution in [3.8, 4) is 11.6 Å². The van der Waals surface area contributed by atoms with Gasteiger partial charge in [-0.1, -0.05) is 23.7 Å². The fourth-order valence-electron chi connectivity index (χ4n) is 1.64. The summed E-state index contributed by atoms with van der Waals surface area (Å²) in [7, 11) is 0. The monoisotopic (exact) mass is 272 g/mol. The smallest absolute Gasteiger partial charge is 0.220 e. The minimum absolute atomic E-state index is 0.314. The van der Waals surface area contributed by atoms with Crippen LogP contribution in [0.15, 0.2) is 42.7 Å². The molecule has 0 saturated heterocycles. The van der Waals surface area contributed by atoms with Gasteiger partial charge in [-0.25, -0.2) is 15.0 Å². The van der Waals surface area contributed by atoms with Crippen LogP contribution in [0.5, 0.6) is 11.6 Å². The van der Waals surface area contributed by atoms with Gasteiger partial charge in [0.05, 0.1) is 10.5 Å². The first kappa shape index (κ1) is 11.7. The lowest BCUT2D eigenvalue weighted by Crippen LogP contribution is -1.96. The lowest BCUT2D eigenvalue weighted by molar-refractivity contribution is 0.465. The van der Waals surface area contributed by atoms with E-state index in [1.165, 1.54) is 6.33 Å². The average Bonchev–Trinajstić information content (AvgIpc) is 2.42. The highest BCUT2D eigenvalue weighted by molar-refractivity contribution is 6.32.